The summed E-state index contributed by atoms with van der Waals surface area (Å²) in [6.45, 7) is 2.35. The molecule has 1 atom stereocenters. The van der Waals surface area contributed by atoms with Crippen molar-refractivity contribution in [3.8, 4) is 23.0 Å². The molecule has 6 rings (SSSR count). The molecule has 3 heterocycles. The third kappa shape index (κ3) is 4.29. The zero-order chi connectivity index (χ0) is 26.9. The monoisotopic (exact) mass is 519 g/mol. The van der Waals surface area contributed by atoms with Gasteiger partial charge in [0.15, 0.2) is 0 Å². The quantitative estimate of drug-likeness (QED) is 0.303. The summed E-state index contributed by atoms with van der Waals surface area (Å²) < 4.78 is 15.0. The average Bonchev–Trinajstić information content (AvgIpc) is 3.54. The first-order valence-electron chi connectivity index (χ1n) is 12.7. The second-order valence-corrected chi connectivity index (χ2v) is 9.38. The molecular formula is C31H29N5O3. The lowest BCUT2D eigenvalue weighted by molar-refractivity contribution is 0.194. The summed E-state index contributed by atoms with van der Waals surface area (Å²) in [6, 6.07) is 29.0. The molecule has 0 saturated heterocycles. The van der Waals surface area contributed by atoms with Gasteiger partial charge in [0.05, 0.1) is 49.6 Å². The second kappa shape index (κ2) is 10.1. The highest BCUT2D eigenvalue weighted by molar-refractivity contribution is 5.92. The van der Waals surface area contributed by atoms with Crippen LogP contribution < -0.4 is 14.8 Å². The zero-order valence-electron chi connectivity index (χ0n) is 22.0. The Hall–Kier alpha value is -4.98. The fourth-order valence-corrected chi connectivity index (χ4v) is 5.23. The van der Waals surface area contributed by atoms with Crippen LogP contribution >= 0.6 is 0 Å². The number of urea groups is 1. The van der Waals surface area contributed by atoms with Crippen LogP contribution in [0.2, 0.25) is 0 Å². The van der Waals surface area contributed by atoms with Gasteiger partial charge in [-0.2, -0.15) is 5.10 Å². The van der Waals surface area contributed by atoms with Crippen LogP contribution in [0.3, 0.4) is 0 Å². The van der Waals surface area contributed by atoms with Crippen molar-refractivity contribution in [3.05, 3.63) is 120 Å². The van der Waals surface area contributed by atoms with Crippen LogP contribution in [0.5, 0.6) is 11.5 Å². The Morgan fingerprint density at radius 2 is 1.67 bits per heavy atom. The van der Waals surface area contributed by atoms with Crippen LogP contribution in [0.4, 0.5) is 10.5 Å². The average molecular weight is 520 g/mol. The first-order chi connectivity index (χ1) is 19.1. The number of aryl methyl sites for hydroxylation is 1. The molecular weight excluding hydrogens is 490 g/mol. The third-order valence-electron chi connectivity index (χ3n) is 7.11. The molecule has 0 saturated carbocycles. The Kier molecular flexibility index (Phi) is 6.28. The predicted molar refractivity (Wildman–Crippen MR) is 150 cm³/mol. The third-order valence-corrected chi connectivity index (χ3v) is 7.11. The SMILES string of the molecule is COc1ccc(OC)c(NC(=O)N2Cc3c(C)nn(-c4ccccc4)c3-n3cccc3[C@@H]2c2ccccc2)c1. The van der Waals surface area contributed by atoms with Crippen LogP contribution in [0.15, 0.2) is 97.2 Å². The summed E-state index contributed by atoms with van der Waals surface area (Å²) in [5, 5.41) is 8.00. The summed E-state index contributed by atoms with van der Waals surface area (Å²) in [7, 11) is 3.17. The minimum absolute atomic E-state index is 0.261. The van der Waals surface area contributed by atoms with Crippen molar-refractivity contribution < 1.29 is 14.3 Å². The molecule has 39 heavy (non-hydrogen) atoms. The molecule has 0 spiro atoms. The van der Waals surface area contributed by atoms with Gasteiger partial charge in [-0.3, -0.25) is 0 Å². The minimum Gasteiger partial charge on any atom is -0.497 e. The number of ether oxygens (including phenoxy) is 2. The summed E-state index contributed by atoms with van der Waals surface area (Å²) in [5.74, 6) is 2.10. The maximum atomic E-state index is 14.2. The highest BCUT2D eigenvalue weighted by Gasteiger charge is 2.36. The number of nitrogens with zero attached hydrogens (tertiary/aromatic N) is 4. The van der Waals surface area contributed by atoms with Gasteiger partial charge in [0, 0.05) is 17.8 Å². The summed E-state index contributed by atoms with van der Waals surface area (Å²) in [5.41, 5.74) is 5.29. The van der Waals surface area contributed by atoms with Crippen molar-refractivity contribution in [3.63, 3.8) is 0 Å². The van der Waals surface area contributed by atoms with Crippen molar-refractivity contribution in [1.29, 1.82) is 0 Å². The maximum Gasteiger partial charge on any atom is 0.323 e. The lowest BCUT2D eigenvalue weighted by Gasteiger charge is -2.31. The molecule has 0 aliphatic carbocycles. The topological polar surface area (TPSA) is 73.6 Å². The number of amides is 2. The largest absolute Gasteiger partial charge is 0.497 e. The van der Waals surface area contributed by atoms with Crippen LogP contribution in [0.1, 0.15) is 28.6 Å². The fraction of sp³-hybridized carbons (Fsp3) is 0.161. The number of rotatable bonds is 5. The van der Waals surface area contributed by atoms with E-state index in [2.05, 4.69) is 28.1 Å². The smallest absolute Gasteiger partial charge is 0.323 e. The van der Waals surface area contributed by atoms with Gasteiger partial charge in [-0.25, -0.2) is 9.48 Å². The van der Waals surface area contributed by atoms with Crippen molar-refractivity contribution in [2.75, 3.05) is 19.5 Å². The van der Waals surface area contributed by atoms with Gasteiger partial charge in [0.1, 0.15) is 17.3 Å². The van der Waals surface area contributed by atoms with Crippen molar-refractivity contribution in [2.24, 2.45) is 0 Å². The normalized spacial score (nSPS) is 14.2. The summed E-state index contributed by atoms with van der Waals surface area (Å²) >= 11 is 0. The first kappa shape index (κ1) is 24.4. The maximum absolute atomic E-state index is 14.2. The van der Waals surface area contributed by atoms with Gasteiger partial charge in [-0.1, -0.05) is 48.5 Å². The molecule has 8 heteroatoms. The molecule has 0 radical (unpaired) electrons. The van der Waals surface area contributed by atoms with E-state index in [4.69, 9.17) is 14.6 Å². The molecule has 0 fully saturated rings. The van der Waals surface area contributed by atoms with Crippen LogP contribution in [-0.2, 0) is 6.54 Å². The van der Waals surface area contributed by atoms with E-state index in [-0.39, 0.29) is 12.1 Å². The zero-order valence-corrected chi connectivity index (χ0v) is 22.0. The summed E-state index contributed by atoms with van der Waals surface area (Å²) in [6.07, 6.45) is 2.04. The first-order valence-corrected chi connectivity index (χ1v) is 12.7. The summed E-state index contributed by atoms with van der Waals surface area (Å²) in [4.78, 5) is 16.0. The van der Waals surface area contributed by atoms with E-state index in [9.17, 15) is 4.79 Å². The molecule has 0 bridgehead atoms. The van der Waals surface area contributed by atoms with E-state index in [1.807, 2.05) is 77.3 Å². The van der Waals surface area contributed by atoms with Crippen molar-refractivity contribution >= 4 is 11.7 Å². The Bertz CT molecular complexity index is 1630. The van der Waals surface area contributed by atoms with E-state index in [1.165, 1.54) is 0 Å². The van der Waals surface area contributed by atoms with Gasteiger partial charge in [0.2, 0.25) is 0 Å². The number of carbonyl (C=O) groups is 1. The van der Waals surface area contributed by atoms with Crippen LogP contribution in [0, 0.1) is 6.92 Å². The molecule has 2 aromatic heterocycles. The molecule has 8 nitrogen and oxygen atoms in total. The van der Waals surface area contributed by atoms with Gasteiger partial charge in [0.25, 0.3) is 0 Å². The van der Waals surface area contributed by atoms with Crippen LogP contribution in [0.25, 0.3) is 11.5 Å². The molecule has 2 amide bonds. The molecule has 5 aromatic rings. The van der Waals surface area contributed by atoms with Crippen molar-refractivity contribution in [2.45, 2.75) is 19.5 Å². The number of benzene rings is 3. The molecule has 1 N–H and O–H groups in total. The number of nitrogens with one attached hydrogen (secondary N) is 1. The second-order valence-electron chi connectivity index (χ2n) is 9.38. The number of methoxy groups -OCH3 is 2. The van der Waals surface area contributed by atoms with Gasteiger partial charge in [-0.15, -0.1) is 0 Å². The molecule has 0 unspecified atom stereocenters. The molecule has 1 aliphatic rings. The number of carbonyl (C=O) groups excluding carboxylic acids is 1. The van der Waals surface area contributed by atoms with E-state index in [0.717, 1.165) is 34.0 Å². The lowest BCUT2D eigenvalue weighted by atomic mass is 10.0. The number of fused-ring (bicyclic) bond motifs is 3. The van der Waals surface area contributed by atoms with E-state index >= 15 is 0 Å². The standard InChI is InChI=1S/C31H29N5O3/c1-21-25-20-35(31(37)32-26-19-24(38-2)16-17-28(26)39-3)29(22-11-6-4-7-12-22)27-15-10-18-34(27)30(25)36(33-21)23-13-8-5-9-14-23/h4-19,29H,20H2,1-3H3,(H,32,37)/t29-/m0/s1. The molecule has 3 aromatic carbocycles. The number of hydrogen-bond donors (Lipinski definition) is 1. The predicted octanol–water partition coefficient (Wildman–Crippen LogP) is 6.13. The number of hydrogen-bond acceptors (Lipinski definition) is 4. The van der Waals surface area contributed by atoms with E-state index in [1.54, 1.807) is 32.4 Å². The minimum atomic E-state index is -0.353. The van der Waals surface area contributed by atoms with Gasteiger partial charge in [-0.05, 0) is 48.9 Å². The molecule has 196 valence electrons. The van der Waals surface area contributed by atoms with Crippen LogP contribution in [-0.4, -0.2) is 39.5 Å². The lowest BCUT2D eigenvalue weighted by Crippen LogP contribution is -2.38. The molecule has 1 aliphatic heterocycles. The van der Waals surface area contributed by atoms with Gasteiger partial charge >= 0.3 is 6.03 Å². The Labute approximate surface area is 227 Å². The van der Waals surface area contributed by atoms with E-state index < -0.39 is 0 Å². The van der Waals surface area contributed by atoms with Gasteiger partial charge < -0.3 is 24.3 Å². The van der Waals surface area contributed by atoms with E-state index in [0.29, 0.717) is 23.7 Å². The highest BCUT2D eigenvalue weighted by Crippen LogP contribution is 2.39. The number of aromatic nitrogens is 3. The number of anilines is 1. The number of para-hydroxylation sites is 1. The Morgan fingerprint density at radius 3 is 2.38 bits per heavy atom. The van der Waals surface area contributed by atoms with Crippen molar-refractivity contribution in [1.82, 2.24) is 19.2 Å². The Balaban J connectivity index is 1.51. The highest BCUT2D eigenvalue weighted by atomic mass is 16.5. The Morgan fingerprint density at radius 1 is 0.923 bits per heavy atom. The fourth-order valence-electron chi connectivity index (χ4n) is 5.23.